The zero-order valence-corrected chi connectivity index (χ0v) is 9.32. The molecule has 68 valence electrons. The van der Waals surface area contributed by atoms with Gasteiger partial charge in [0.05, 0.1) is 6.10 Å². The molecule has 0 aromatic carbocycles. The SMILES string of the molecule is C[C@H](O)[C@H](C)S[C@H](C)[C@@H](C)S. The average molecular weight is 194 g/mol. The van der Waals surface area contributed by atoms with Crippen LogP contribution in [0.15, 0.2) is 0 Å². The molecule has 4 atom stereocenters. The van der Waals surface area contributed by atoms with Crippen molar-refractivity contribution in [2.75, 3.05) is 0 Å². The monoisotopic (exact) mass is 194 g/mol. The lowest BCUT2D eigenvalue weighted by Crippen LogP contribution is -2.21. The molecule has 11 heavy (non-hydrogen) atoms. The molecular weight excluding hydrogens is 176 g/mol. The second-order valence-corrected chi connectivity index (χ2v) is 5.60. The van der Waals surface area contributed by atoms with E-state index in [0.717, 1.165) is 0 Å². The summed E-state index contributed by atoms with van der Waals surface area (Å²) in [4.78, 5) is 0. The Bertz CT molecular complexity index is 92.3. The fourth-order valence-corrected chi connectivity index (χ4v) is 1.91. The van der Waals surface area contributed by atoms with Crippen LogP contribution >= 0.6 is 24.4 Å². The van der Waals surface area contributed by atoms with Crippen molar-refractivity contribution in [3.8, 4) is 0 Å². The van der Waals surface area contributed by atoms with Crippen molar-refractivity contribution in [2.24, 2.45) is 0 Å². The molecule has 0 aromatic rings. The Morgan fingerprint density at radius 3 is 1.82 bits per heavy atom. The van der Waals surface area contributed by atoms with Gasteiger partial charge >= 0.3 is 0 Å². The van der Waals surface area contributed by atoms with Gasteiger partial charge in [0.25, 0.3) is 0 Å². The minimum Gasteiger partial charge on any atom is -0.392 e. The minimum atomic E-state index is -0.227. The van der Waals surface area contributed by atoms with Crippen molar-refractivity contribution in [1.29, 1.82) is 0 Å². The highest BCUT2D eigenvalue weighted by molar-refractivity contribution is 8.01. The number of thiol groups is 1. The molecule has 0 bridgehead atoms. The van der Waals surface area contributed by atoms with E-state index in [9.17, 15) is 5.11 Å². The first kappa shape index (κ1) is 11.7. The second kappa shape index (κ2) is 5.33. The molecule has 0 radical (unpaired) electrons. The summed E-state index contributed by atoms with van der Waals surface area (Å²) < 4.78 is 0. The smallest absolute Gasteiger partial charge is 0.0628 e. The lowest BCUT2D eigenvalue weighted by molar-refractivity contribution is 0.196. The summed E-state index contributed by atoms with van der Waals surface area (Å²) in [7, 11) is 0. The molecule has 0 aliphatic carbocycles. The van der Waals surface area contributed by atoms with Crippen LogP contribution in [0.25, 0.3) is 0 Å². The van der Waals surface area contributed by atoms with Crippen molar-refractivity contribution in [1.82, 2.24) is 0 Å². The van der Waals surface area contributed by atoms with Crippen LogP contribution in [0.4, 0.5) is 0 Å². The molecule has 1 N–H and O–H groups in total. The summed E-state index contributed by atoms with van der Waals surface area (Å²) in [6, 6.07) is 0. The van der Waals surface area contributed by atoms with E-state index in [-0.39, 0.29) is 6.10 Å². The van der Waals surface area contributed by atoms with Gasteiger partial charge in [-0.2, -0.15) is 24.4 Å². The zero-order chi connectivity index (χ0) is 9.02. The van der Waals surface area contributed by atoms with Crippen molar-refractivity contribution >= 4 is 24.4 Å². The van der Waals surface area contributed by atoms with E-state index < -0.39 is 0 Å². The highest BCUT2D eigenvalue weighted by Crippen LogP contribution is 2.24. The predicted molar refractivity (Wildman–Crippen MR) is 56.6 cm³/mol. The maximum Gasteiger partial charge on any atom is 0.0628 e. The quantitative estimate of drug-likeness (QED) is 0.669. The van der Waals surface area contributed by atoms with Crippen LogP contribution in [-0.2, 0) is 0 Å². The Balaban J connectivity index is 3.66. The van der Waals surface area contributed by atoms with Crippen LogP contribution in [0.2, 0.25) is 0 Å². The minimum absolute atomic E-state index is 0.227. The second-order valence-electron chi connectivity index (χ2n) is 3.03. The molecule has 0 aliphatic rings. The Morgan fingerprint density at radius 2 is 1.55 bits per heavy atom. The molecular formula is C8H18OS2. The highest BCUT2D eigenvalue weighted by Gasteiger charge is 2.15. The Morgan fingerprint density at radius 1 is 1.09 bits per heavy atom. The largest absolute Gasteiger partial charge is 0.392 e. The van der Waals surface area contributed by atoms with Gasteiger partial charge in [0.2, 0.25) is 0 Å². The van der Waals surface area contributed by atoms with Gasteiger partial charge in [0.15, 0.2) is 0 Å². The molecule has 0 fully saturated rings. The van der Waals surface area contributed by atoms with Crippen molar-refractivity contribution < 1.29 is 5.11 Å². The lowest BCUT2D eigenvalue weighted by atomic mass is 10.3. The molecule has 0 amide bonds. The van der Waals surface area contributed by atoms with Crippen LogP contribution in [0.1, 0.15) is 27.7 Å². The molecule has 0 aromatic heterocycles. The van der Waals surface area contributed by atoms with Crippen molar-refractivity contribution in [3.05, 3.63) is 0 Å². The molecule has 3 heteroatoms. The molecule has 0 saturated heterocycles. The summed E-state index contributed by atoms with van der Waals surface area (Å²) >= 11 is 6.12. The van der Waals surface area contributed by atoms with E-state index in [1.165, 1.54) is 0 Å². The summed E-state index contributed by atoms with van der Waals surface area (Å²) in [5, 5.41) is 10.4. The van der Waals surface area contributed by atoms with Crippen LogP contribution in [-0.4, -0.2) is 27.0 Å². The molecule has 0 saturated carbocycles. The summed E-state index contributed by atoms with van der Waals surface area (Å²) in [6.45, 7) is 8.09. The van der Waals surface area contributed by atoms with Gasteiger partial charge in [0.1, 0.15) is 0 Å². The van der Waals surface area contributed by atoms with Gasteiger partial charge in [-0.05, 0) is 6.92 Å². The average Bonchev–Trinajstić information content (AvgIpc) is 1.87. The maximum absolute atomic E-state index is 9.21. The van der Waals surface area contributed by atoms with Gasteiger partial charge in [-0.1, -0.05) is 20.8 Å². The molecule has 1 nitrogen and oxygen atoms in total. The maximum atomic E-state index is 9.21. The van der Waals surface area contributed by atoms with Crippen LogP contribution in [0, 0.1) is 0 Å². The topological polar surface area (TPSA) is 20.2 Å². The molecule has 0 rings (SSSR count). The first-order valence-corrected chi connectivity index (χ1v) is 5.42. The number of aliphatic hydroxyl groups is 1. The molecule has 0 unspecified atom stereocenters. The first-order valence-electron chi connectivity index (χ1n) is 3.96. The number of rotatable bonds is 4. The van der Waals surface area contributed by atoms with Crippen molar-refractivity contribution in [3.63, 3.8) is 0 Å². The van der Waals surface area contributed by atoms with Crippen LogP contribution in [0.5, 0.6) is 0 Å². The summed E-state index contributed by atoms with van der Waals surface area (Å²) in [5.41, 5.74) is 0. The predicted octanol–water partition coefficient (Wildman–Crippen LogP) is 2.20. The van der Waals surface area contributed by atoms with E-state index in [4.69, 9.17) is 0 Å². The third-order valence-electron chi connectivity index (χ3n) is 1.79. The standard InChI is InChI=1S/C8H18OS2/c1-5(9)7(3)11-8(4)6(2)10/h5-10H,1-4H3/t5-,6+,7-,8+/m0/s1. The van der Waals surface area contributed by atoms with E-state index in [1.54, 1.807) is 11.8 Å². The zero-order valence-electron chi connectivity index (χ0n) is 7.61. The number of hydrogen-bond donors (Lipinski definition) is 2. The number of thioether (sulfide) groups is 1. The Labute approximate surface area is 79.4 Å². The van der Waals surface area contributed by atoms with Crippen LogP contribution in [0.3, 0.4) is 0 Å². The first-order chi connectivity index (χ1) is 4.95. The number of aliphatic hydroxyl groups excluding tert-OH is 1. The van der Waals surface area contributed by atoms with Gasteiger partial charge in [-0.3, -0.25) is 0 Å². The third-order valence-corrected chi connectivity index (χ3v) is 4.10. The highest BCUT2D eigenvalue weighted by atomic mass is 32.2. The molecule has 0 heterocycles. The fraction of sp³-hybridized carbons (Fsp3) is 1.00. The van der Waals surface area contributed by atoms with E-state index >= 15 is 0 Å². The van der Waals surface area contributed by atoms with E-state index in [1.807, 2.05) is 13.8 Å². The summed E-state index contributed by atoms with van der Waals surface area (Å²) in [5.74, 6) is 0. The Hall–Kier alpha value is 0.660. The molecule has 0 spiro atoms. The Kier molecular flexibility index (Phi) is 5.65. The fourth-order valence-electron chi connectivity index (χ4n) is 0.566. The van der Waals surface area contributed by atoms with Gasteiger partial charge in [0, 0.05) is 15.7 Å². The third kappa shape index (κ3) is 4.99. The van der Waals surface area contributed by atoms with Crippen LogP contribution < -0.4 is 0 Å². The van der Waals surface area contributed by atoms with E-state index in [2.05, 4.69) is 26.5 Å². The van der Waals surface area contributed by atoms with Gasteiger partial charge in [-0.25, -0.2) is 0 Å². The van der Waals surface area contributed by atoms with Gasteiger partial charge < -0.3 is 5.11 Å². The normalized spacial score (nSPS) is 22.4. The molecule has 0 aliphatic heterocycles. The van der Waals surface area contributed by atoms with Gasteiger partial charge in [-0.15, -0.1) is 0 Å². The lowest BCUT2D eigenvalue weighted by Gasteiger charge is -2.21. The summed E-state index contributed by atoms with van der Waals surface area (Å²) in [6.07, 6.45) is -0.227. The number of hydrogen-bond acceptors (Lipinski definition) is 3. The van der Waals surface area contributed by atoms with E-state index in [0.29, 0.717) is 15.7 Å². The van der Waals surface area contributed by atoms with Crippen molar-refractivity contribution in [2.45, 2.75) is 49.5 Å².